The zero-order valence-electron chi connectivity index (χ0n) is 11.1. The molecule has 1 atom stereocenters. The Morgan fingerprint density at radius 1 is 1.48 bits per heavy atom. The van der Waals surface area contributed by atoms with E-state index in [9.17, 15) is 17.6 Å². The van der Waals surface area contributed by atoms with Gasteiger partial charge in [0.2, 0.25) is 5.91 Å². The maximum absolute atomic E-state index is 13.0. The van der Waals surface area contributed by atoms with Gasteiger partial charge in [-0.1, -0.05) is 11.6 Å². The summed E-state index contributed by atoms with van der Waals surface area (Å²) < 4.78 is 42.4. The summed E-state index contributed by atoms with van der Waals surface area (Å²) >= 11 is 5.55. The Labute approximate surface area is 127 Å². The molecule has 0 aliphatic carbocycles. The van der Waals surface area contributed by atoms with Gasteiger partial charge >= 0.3 is 0 Å². The SMILES string of the molecule is O=C(CS(=O)(=O)c1ccc(F)c(Cl)c1)NC[C@@H]1CCCO1. The average molecular weight is 336 g/mol. The molecule has 1 aromatic rings. The molecule has 0 bridgehead atoms. The van der Waals surface area contributed by atoms with Crippen LogP contribution in [0.2, 0.25) is 5.02 Å². The summed E-state index contributed by atoms with van der Waals surface area (Å²) in [4.78, 5) is 11.5. The van der Waals surface area contributed by atoms with Gasteiger partial charge in [-0.15, -0.1) is 0 Å². The average Bonchev–Trinajstić information content (AvgIpc) is 2.92. The van der Waals surface area contributed by atoms with Crippen molar-refractivity contribution in [1.82, 2.24) is 5.32 Å². The Hall–Kier alpha value is -1.18. The second-order valence-corrected chi connectivity index (χ2v) is 7.17. The third-order valence-corrected chi connectivity index (χ3v) is 5.03. The van der Waals surface area contributed by atoms with Gasteiger partial charge in [-0.3, -0.25) is 4.79 Å². The van der Waals surface area contributed by atoms with Crippen molar-refractivity contribution in [2.75, 3.05) is 18.9 Å². The van der Waals surface area contributed by atoms with Crippen molar-refractivity contribution in [2.45, 2.75) is 23.8 Å². The van der Waals surface area contributed by atoms with Crippen molar-refractivity contribution in [3.8, 4) is 0 Å². The van der Waals surface area contributed by atoms with E-state index in [1.54, 1.807) is 0 Å². The summed E-state index contributed by atoms with van der Waals surface area (Å²) in [5, 5.41) is 2.23. The molecule has 1 aliphatic rings. The molecular weight excluding hydrogens is 321 g/mol. The first-order valence-corrected chi connectivity index (χ1v) is 8.47. The molecule has 8 heteroatoms. The Kier molecular flexibility index (Phi) is 5.18. The lowest BCUT2D eigenvalue weighted by Crippen LogP contribution is -2.35. The largest absolute Gasteiger partial charge is 0.376 e. The molecule has 1 amide bonds. The molecule has 1 heterocycles. The first-order valence-electron chi connectivity index (χ1n) is 6.44. The minimum Gasteiger partial charge on any atom is -0.376 e. The van der Waals surface area contributed by atoms with E-state index in [-0.39, 0.29) is 16.0 Å². The Morgan fingerprint density at radius 2 is 2.24 bits per heavy atom. The van der Waals surface area contributed by atoms with E-state index in [2.05, 4.69) is 5.32 Å². The maximum Gasteiger partial charge on any atom is 0.235 e. The summed E-state index contributed by atoms with van der Waals surface area (Å²) in [6.45, 7) is 0.950. The van der Waals surface area contributed by atoms with Gasteiger partial charge in [0.05, 0.1) is 16.0 Å². The number of halogens is 2. The maximum atomic E-state index is 13.0. The molecule has 116 valence electrons. The van der Waals surface area contributed by atoms with E-state index < -0.39 is 27.3 Å². The van der Waals surface area contributed by atoms with Gasteiger partial charge in [0, 0.05) is 13.2 Å². The van der Waals surface area contributed by atoms with Gasteiger partial charge in [-0.25, -0.2) is 12.8 Å². The van der Waals surface area contributed by atoms with Crippen LogP contribution in [0.15, 0.2) is 23.1 Å². The Morgan fingerprint density at radius 3 is 2.86 bits per heavy atom. The minimum absolute atomic E-state index is 0.0584. The minimum atomic E-state index is -3.85. The number of carbonyl (C=O) groups is 1. The Balaban J connectivity index is 1.96. The van der Waals surface area contributed by atoms with Crippen LogP contribution in [0.1, 0.15) is 12.8 Å². The van der Waals surface area contributed by atoms with E-state index in [1.807, 2.05) is 0 Å². The van der Waals surface area contributed by atoms with Gasteiger partial charge in [0.1, 0.15) is 11.6 Å². The van der Waals surface area contributed by atoms with Crippen LogP contribution in [0.5, 0.6) is 0 Å². The van der Waals surface area contributed by atoms with E-state index >= 15 is 0 Å². The smallest absolute Gasteiger partial charge is 0.235 e. The number of carbonyl (C=O) groups excluding carboxylic acids is 1. The summed E-state index contributed by atoms with van der Waals surface area (Å²) in [6.07, 6.45) is 1.73. The molecule has 1 saturated heterocycles. The number of rotatable bonds is 5. The van der Waals surface area contributed by atoms with Gasteiger partial charge < -0.3 is 10.1 Å². The van der Waals surface area contributed by atoms with Crippen LogP contribution in [0.4, 0.5) is 4.39 Å². The van der Waals surface area contributed by atoms with Crippen LogP contribution < -0.4 is 5.32 Å². The molecule has 2 rings (SSSR count). The predicted octanol–water partition coefficient (Wildman–Crippen LogP) is 1.55. The second-order valence-electron chi connectivity index (χ2n) is 4.77. The molecule has 0 aromatic heterocycles. The van der Waals surface area contributed by atoms with E-state index in [4.69, 9.17) is 16.3 Å². The quantitative estimate of drug-likeness (QED) is 0.829. The van der Waals surface area contributed by atoms with Crippen LogP contribution >= 0.6 is 11.6 Å². The van der Waals surface area contributed by atoms with Crippen LogP contribution in [-0.4, -0.2) is 39.3 Å². The number of nitrogens with one attached hydrogen (secondary N) is 1. The molecular formula is C13H15ClFNO4S. The molecule has 21 heavy (non-hydrogen) atoms. The molecule has 5 nitrogen and oxygen atoms in total. The van der Waals surface area contributed by atoms with E-state index in [0.29, 0.717) is 13.2 Å². The molecule has 0 saturated carbocycles. The zero-order chi connectivity index (χ0) is 15.5. The molecule has 1 fully saturated rings. The fraction of sp³-hybridized carbons (Fsp3) is 0.462. The van der Waals surface area contributed by atoms with Crippen LogP contribution in [-0.2, 0) is 19.4 Å². The van der Waals surface area contributed by atoms with Crippen molar-refractivity contribution in [3.05, 3.63) is 29.0 Å². The van der Waals surface area contributed by atoms with Crippen molar-refractivity contribution in [2.24, 2.45) is 0 Å². The lowest BCUT2D eigenvalue weighted by molar-refractivity contribution is -0.119. The summed E-state index contributed by atoms with van der Waals surface area (Å²) in [5.74, 6) is -2.04. The monoisotopic (exact) mass is 335 g/mol. The number of benzene rings is 1. The normalized spacial score (nSPS) is 18.7. The highest BCUT2D eigenvalue weighted by Gasteiger charge is 2.22. The molecule has 1 aliphatic heterocycles. The van der Waals surface area contributed by atoms with E-state index in [0.717, 1.165) is 31.0 Å². The molecule has 1 N–H and O–H groups in total. The van der Waals surface area contributed by atoms with Crippen LogP contribution in [0.25, 0.3) is 0 Å². The fourth-order valence-electron chi connectivity index (χ4n) is 2.01. The predicted molar refractivity (Wildman–Crippen MR) is 75.4 cm³/mol. The zero-order valence-corrected chi connectivity index (χ0v) is 12.7. The molecule has 1 aromatic carbocycles. The van der Waals surface area contributed by atoms with Crippen LogP contribution in [0, 0.1) is 5.82 Å². The van der Waals surface area contributed by atoms with E-state index in [1.165, 1.54) is 0 Å². The number of hydrogen-bond acceptors (Lipinski definition) is 4. The Bertz CT molecular complexity index is 629. The highest BCUT2D eigenvalue weighted by Crippen LogP contribution is 2.20. The number of hydrogen-bond donors (Lipinski definition) is 1. The third kappa shape index (κ3) is 4.39. The first kappa shape index (κ1) is 16.2. The first-order chi connectivity index (χ1) is 9.88. The standard InChI is InChI=1S/C13H15ClFNO4S/c14-11-6-10(3-4-12(11)15)21(18,19)8-13(17)16-7-9-2-1-5-20-9/h3-4,6,9H,1-2,5,7-8H2,(H,16,17)/t9-/m0/s1. The number of amides is 1. The topological polar surface area (TPSA) is 72.5 Å². The molecule has 0 radical (unpaired) electrons. The lowest BCUT2D eigenvalue weighted by Gasteiger charge is -2.11. The third-order valence-electron chi connectivity index (χ3n) is 3.12. The van der Waals surface area contributed by atoms with Crippen LogP contribution in [0.3, 0.4) is 0 Å². The van der Waals surface area contributed by atoms with Crippen molar-refractivity contribution >= 4 is 27.3 Å². The number of sulfone groups is 1. The van der Waals surface area contributed by atoms with Crippen molar-refractivity contribution in [3.63, 3.8) is 0 Å². The second kappa shape index (κ2) is 6.72. The highest BCUT2D eigenvalue weighted by atomic mass is 35.5. The summed E-state index contributed by atoms with van der Waals surface area (Å²) in [5.41, 5.74) is 0. The van der Waals surface area contributed by atoms with Gasteiger partial charge in [-0.05, 0) is 31.0 Å². The number of ether oxygens (including phenoxy) is 1. The lowest BCUT2D eigenvalue weighted by atomic mass is 10.2. The molecule has 0 unspecified atom stereocenters. The van der Waals surface area contributed by atoms with Gasteiger partial charge in [0.25, 0.3) is 0 Å². The summed E-state index contributed by atoms with van der Waals surface area (Å²) in [6, 6.07) is 3.04. The molecule has 0 spiro atoms. The fourth-order valence-corrected chi connectivity index (χ4v) is 3.44. The van der Waals surface area contributed by atoms with Crippen molar-refractivity contribution in [1.29, 1.82) is 0 Å². The van der Waals surface area contributed by atoms with Gasteiger partial charge in [0.15, 0.2) is 9.84 Å². The van der Waals surface area contributed by atoms with Crippen molar-refractivity contribution < 1.29 is 22.3 Å². The van der Waals surface area contributed by atoms with Gasteiger partial charge in [-0.2, -0.15) is 0 Å². The highest BCUT2D eigenvalue weighted by molar-refractivity contribution is 7.92. The summed E-state index contributed by atoms with van der Waals surface area (Å²) in [7, 11) is -3.85.